The molecule has 1 saturated carbocycles. The van der Waals surface area contributed by atoms with E-state index in [0.29, 0.717) is 12.1 Å². The van der Waals surface area contributed by atoms with E-state index in [1.54, 1.807) is 0 Å². The number of nitrogens with one attached hydrogen (secondary N) is 1. The lowest BCUT2D eigenvalue weighted by atomic mass is 9.81. The Hall–Kier alpha value is -0.0800. The third-order valence-electron chi connectivity index (χ3n) is 4.37. The molecule has 0 bridgehead atoms. The molecule has 0 aromatic carbocycles. The van der Waals surface area contributed by atoms with Crippen molar-refractivity contribution >= 4 is 0 Å². The summed E-state index contributed by atoms with van der Waals surface area (Å²) in [6.07, 6.45) is 12.7. The van der Waals surface area contributed by atoms with Crippen molar-refractivity contribution in [2.75, 3.05) is 13.7 Å². The molecule has 0 saturated heterocycles. The Bertz CT molecular complexity index is 190. The molecule has 0 spiro atoms. The van der Waals surface area contributed by atoms with Gasteiger partial charge in [-0.25, -0.2) is 0 Å². The molecule has 18 heavy (non-hydrogen) atoms. The fourth-order valence-electron chi connectivity index (χ4n) is 3.41. The van der Waals surface area contributed by atoms with Crippen LogP contribution in [-0.2, 0) is 4.74 Å². The topological polar surface area (TPSA) is 21.3 Å². The number of methoxy groups -OCH3 is 1. The molecule has 2 atom stereocenters. The van der Waals surface area contributed by atoms with Crippen molar-refractivity contribution in [3.8, 4) is 0 Å². The van der Waals surface area contributed by atoms with Crippen LogP contribution >= 0.6 is 0 Å². The molecule has 2 unspecified atom stereocenters. The minimum Gasteiger partial charge on any atom is -0.380 e. The molecule has 0 aromatic rings. The lowest BCUT2D eigenvalue weighted by molar-refractivity contribution is 0.00591. The summed E-state index contributed by atoms with van der Waals surface area (Å²) in [5.41, 5.74) is 0. The first-order chi connectivity index (χ1) is 8.83. The molecule has 1 N–H and O–H groups in total. The van der Waals surface area contributed by atoms with Crippen LogP contribution in [0.3, 0.4) is 0 Å². The van der Waals surface area contributed by atoms with Gasteiger partial charge in [0.25, 0.3) is 0 Å². The minimum atomic E-state index is 0.433. The number of likely N-dealkylation sites (N-methyl/N-ethyl adjacent to an activating group) is 1. The second kappa shape index (κ2) is 9.80. The van der Waals surface area contributed by atoms with E-state index in [-0.39, 0.29) is 0 Å². The average molecular weight is 255 g/mol. The van der Waals surface area contributed by atoms with Gasteiger partial charge < -0.3 is 10.1 Å². The van der Waals surface area contributed by atoms with Crippen LogP contribution < -0.4 is 5.32 Å². The van der Waals surface area contributed by atoms with Gasteiger partial charge in [0, 0.05) is 13.2 Å². The van der Waals surface area contributed by atoms with E-state index in [4.69, 9.17) is 4.74 Å². The predicted octanol–water partition coefficient (Wildman–Crippen LogP) is 4.14. The molecule has 0 radical (unpaired) electrons. The molecule has 2 nitrogen and oxygen atoms in total. The monoisotopic (exact) mass is 255 g/mol. The maximum atomic E-state index is 5.87. The zero-order valence-corrected chi connectivity index (χ0v) is 12.7. The van der Waals surface area contributed by atoms with Crippen LogP contribution in [0.1, 0.15) is 71.6 Å². The van der Waals surface area contributed by atoms with Gasteiger partial charge in [0.1, 0.15) is 0 Å². The molecule has 0 aliphatic heterocycles. The molecule has 0 heterocycles. The molecule has 1 aliphatic rings. The van der Waals surface area contributed by atoms with Crippen LogP contribution in [0.2, 0.25) is 0 Å². The summed E-state index contributed by atoms with van der Waals surface area (Å²) in [5, 5.41) is 3.66. The maximum Gasteiger partial charge on any atom is 0.0752 e. The van der Waals surface area contributed by atoms with E-state index < -0.39 is 0 Å². The fourth-order valence-corrected chi connectivity index (χ4v) is 3.41. The van der Waals surface area contributed by atoms with Crippen LogP contribution in [-0.4, -0.2) is 25.8 Å². The number of hydrogen-bond acceptors (Lipinski definition) is 2. The van der Waals surface area contributed by atoms with E-state index in [1.807, 2.05) is 7.11 Å². The average Bonchev–Trinajstić information content (AvgIpc) is 2.41. The summed E-state index contributed by atoms with van der Waals surface area (Å²) in [5.74, 6) is 0.787. The lowest BCUT2D eigenvalue weighted by Gasteiger charge is -2.35. The lowest BCUT2D eigenvalue weighted by Crippen LogP contribution is -2.45. The van der Waals surface area contributed by atoms with Crippen molar-refractivity contribution in [2.24, 2.45) is 5.92 Å². The van der Waals surface area contributed by atoms with Gasteiger partial charge in [-0.3, -0.25) is 0 Å². The summed E-state index contributed by atoms with van der Waals surface area (Å²) in [4.78, 5) is 0. The van der Waals surface area contributed by atoms with Crippen LogP contribution in [0.5, 0.6) is 0 Å². The first kappa shape index (κ1) is 16.0. The molecule has 108 valence electrons. The second-order valence-corrected chi connectivity index (χ2v) is 5.76. The third-order valence-corrected chi connectivity index (χ3v) is 4.37. The predicted molar refractivity (Wildman–Crippen MR) is 79.0 cm³/mol. The highest BCUT2D eigenvalue weighted by Crippen LogP contribution is 2.30. The molecule has 1 fully saturated rings. The molecular formula is C16H33NO. The summed E-state index contributed by atoms with van der Waals surface area (Å²) in [6, 6.07) is 0.564. The molecule has 2 heteroatoms. The van der Waals surface area contributed by atoms with Gasteiger partial charge in [-0.2, -0.15) is 0 Å². The van der Waals surface area contributed by atoms with E-state index in [1.165, 1.54) is 57.8 Å². The summed E-state index contributed by atoms with van der Waals surface area (Å²) in [6.45, 7) is 5.54. The van der Waals surface area contributed by atoms with Crippen molar-refractivity contribution in [1.82, 2.24) is 5.32 Å². The van der Waals surface area contributed by atoms with E-state index in [2.05, 4.69) is 19.2 Å². The summed E-state index contributed by atoms with van der Waals surface area (Å²) in [7, 11) is 1.91. The van der Waals surface area contributed by atoms with Crippen molar-refractivity contribution in [3.05, 3.63) is 0 Å². The smallest absolute Gasteiger partial charge is 0.0752 e. The van der Waals surface area contributed by atoms with Crippen molar-refractivity contribution in [2.45, 2.75) is 83.8 Å². The van der Waals surface area contributed by atoms with Crippen molar-refractivity contribution in [1.29, 1.82) is 0 Å². The second-order valence-electron chi connectivity index (χ2n) is 5.76. The van der Waals surface area contributed by atoms with Crippen LogP contribution in [0, 0.1) is 5.92 Å². The fraction of sp³-hybridized carbons (Fsp3) is 1.00. The van der Waals surface area contributed by atoms with Crippen molar-refractivity contribution < 1.29 is 4.74 Å². The first-order valence-electron chi connectivity index (χ1n) is 8.09. The SMILES string of the molecule is CCCCCC(NCC)C(OC)C1CCCCC1. The highest BCUT2D eigenvalue weighted by molar-refractivity contribution is 4.84. The largest absolute Gasteiger partial charge is 0.380 e. The number of ether oxygens (including phenoxy) is 1. The van der Waals surface area contributed by atoms with Crippen LogP contribution in [0.15, 0.2) is 0 Å². The normalized spacial score (nSPS) is 20.8. The van der Waals surface area contributed by atoms with Gasteiger partial charge in [0.2, 0.25) is 0 Å². The molecular weight excluding hydrogens is 222 g/mol. The zero-order chi connectivity index (χ0) is 13.2. The molecule has 1 aliphatic carbocycles. The maximum absolute atomic E-state index is 5.87. The van der Waals surface area contributed by atoms with E-state index >= 15 is 0 Å². The summed E-state index contributed by atoms with van der Waals surface area (Å²) < 4.78 is 5.87. The Morgan fingerprint density at radius 1 is 1.11 bits per heavy atom. The van der Waals surface area contributed by atoms with Gasteiger partial charge in [-0.05, 0) is 31.7 Å². The Morgan fingerprint density at radius 2 is 1.83 bits per heavy atom. The van der Waals surface area contributed by atoms with Gasteiger partial charge in [-0.15, -0.1) is 0 Å². The Morgan fingerprint density at radius 3 is 2.39 bits per heavy atom. The first-order valence-corrected chi connectivity index (χ1v) is 8.09. The minimum absolute atomic E-state index is 0.433. The van der Waals surface area contributed by atoms with Crippen LogP contribution in [0.4, 0.5) is 0 Å². The van der Waals surface area contributed by atoms with Crippen LogP contribution in [0.25, 0.3) is 0 Å². The Labute approximate surface area is 114 Å². The highest BCUT2D eigenvalue weighted by Gasteiger charge is 2.29. The Kier molecular flexibility index (Phi) is 8.70. The standard InChI is InChI=1S/C16H33NO/c1-4-6-8-13-15(17-5-2)16(18-3)14-11-9-7-10-12-14/h14-17H,4-13H2,1-3H3. The molecule has 0 amide bonds. The van der Waals surface area contributed by atoms with Gasteiger partial charge >= 0.3 is 0 Å². The highest BCUT2D eigenvalue weighted by atomic mass is 16.5. The van der Waals surface area contributed by atoms with E-state index in [0.717, 1.165) is 12.5 Å². The number of rotatable bonds is 9. The van der Waals surface area contributed by atoms with Gasteiger partial charge in [0.05, 0.1) is 6.10 Å². The third kappa shape index (κ3) is 5.27. The molecule has 0 aromatic heterocycles. The van der Waals surface area contributed by atoms with Gasteiger partial charge in [-0.1, -0.05) is 52.4 Å². The Balaban J connectivity index is 2.48. The van der Waals surface area contributed by atoms with E-state index in [9.17, 15) is 0 Å². The quantitative estimate of drug-likeness (QED) is 0.625. The molecule has 1 rings (SSSR count). The summed E-state index contributed by atoms with van der Waals surface area (Å²) >= 11 is 0. The zero-order valence-electron chi connectivity index (χ0n) is 12.7. The number of unbranched alkanes of at least 4 members (excludes halogenated alkanes) is 2. The van der Waals surface area contributed by atoms with Gasteiger partial charge in [0.15, 0.2) is 0 Å². The number of hydrogen-bond donors (Lipinski definition) is 1. The van der Waals surface area contributed by atoms with Crippen molar-refractivity contribution in [3.63, 3.8) is 0 Å².